The zero-order chi connectivity index (χ0) is 44.7. The zero-order valence-corrected chi connectivity index (χ0v) is 41.0. The Morgan fingerprint density at radius 3 is 1.86 bits per heavy atom. The molecule has 0 aromatic heterocycles. The molecule has 6 aromatic rings. The van der Waals surface area contributed by atoms with Crippen molar-refractivity contribution in [2.45, 2.75) is 162 Å². The lowest BCUT2D eigenvalue weighted by atomic mass is 9.30. The van der Waals surface area contributed by atoms with Crippen molar-refractivity contribution in [3.8, 4) is 11.1 Å². The van der Waals surface area contributed by atoms with Crippen LogP contribution in [0.25, 0.3) is 11.1 Å². The van der Waals surface area contributed by atoms with E-state index in [-0.39, 0.29) is 45.1 Å². The van der Waals surface area contributed by atoms with Crippen molar-refractivity contribution >= 4 is 40.2 Å². The molecule has 0 radical (unpaired) electrons. The first-order chi connectivity index (χ1) is 29.4. The Balaban J connectivity index is 1.27. The number of hydrogen-bond donors (Lipinski definition) is 0. The molecule has 1 nitrogen and oxygen atoms in total. The normalized spacial score (nSPS) is 20.8. The second-order valence-electron chi connectivity index (χ2n) is 24.9. The molecule has 0 spiro atoms. The quantitative estimate of drug-likeness (QED) is 0.157. The monoisotopic (exact) mass is 826 g/mol. The van der Waals surface area contributed by atoms with Crippen LogP contribution in [0.1, 0.15) is 182 Å². The molecule has 0 saturated heterocycles. The number of benzene rings is 6. The summed E-state index contributed by atoms with van der Waals surface area (Å²) in [6.07, 6.45) is 3.55. The van der Waals surface area contributed by atoms with E-state index in [4.69, 9.17) is 0 Å². The molecule has 1 atom stereocenters. The van der Waals surface area contributed by atoms with Crippen LogP contribution in [0.3, 0.4) is 0 Å². The standard InChI is InChI=1S/C61H68BN/c1-35-27-42-53(40-31-45-44(29-36(40)2)59(10,11)34-60(45,12)13)41-30-37(56(3,4)5)23-24-48(41)62-49-32-46-47(58(8,9)26-25-57(46,6)7)33-51(49)63(52(28-35)55(42)62)50-22-18-20-39-38-19-16-17-21-43(38)61(14,15)54(39)50/h16-24,27-33,53H,25-26,34H2,1-15H3. The number of nitrogens with zero attached hydrogens (tertiary/aromatic N) is 1. The smallest absolute Gasteiger partial charge is 0.247 e. The highest BCUT2D eigenvalue weighted by atomic mass is 15.2. The molecule has 2 heteroatoms. The second-order valence-corrected chi connectivity index (χ2v) is 24.9. The number of anilines is 3. The summed E-state index contributed by atoms with van der Waals surface area (Å²) in [4.78, 5) is 2.76. The molecule has 11 rings (SSSR count). The van der Waals surface area contributed by atoms with Gasteiger partial charge in [-0.1, -0.05) is 174 Å². The molecule has 0 N–H and O–H groups in total. The van der Waals surface area contributed by atoms with Crippen molar-refractivity contribution in [3.05, 3.63) is 164 Å². The molecule has 1 unspecified atom stereocenters. The third-order valence-electron chi connectivity index (χ3n) is 17.2. The number of aryl methyl sites for hydroxylation is 2. The van der Waals surface area contributed by atoms with E-state index in [1.807, 2.05) is 0 Å². The number of rotatable bonds is 2. The maximum atomic E-state index is 2.76. The van der Waals surface area contributed by atoms with E-state index in [0.29, 0.717) is 0 Å². The van der Waals surface area contributed by atoms with Gasteiger partial charge in [0.05, 0.1) is 5.69 Å². The van der Waals surface area contributed by atoms with Crippen LogP contribution in [-0.2, 0) is 32.5 Å². The predicted molar refractivity (Wildman–Crippen MR) is 271 cm³/mol. The van der Waals surface area contributed by atoms with Crippen LogP contribution in [-0.4, -0.2) is 6.71 Å². The minimum Gasteiger partial charge on any atom is -0.311 e. The van der Waals surface area contributed by atoms with Crippen molar-refractivity contribution in [2.24, 2.45) is 0 Å². The van der Waals surface area contributed by atoms with Gasteiger partial charge in [-0.2, -0.15) is 0 Å². The minimum atomic E-state index is -0.167. The molecule has 0 bridgehead atoms. The summed E-state index contributed by atoms with van der Waals surface area (Å²) < 4.78 is 0. The Morgan fingerprint density at radius 1 is 0.524 bits per heavy atom. The van der Waals surface area contributed by atoms with Gasteiger partial charge in [0, 0.05) is 22.7 Å². The summed E-state index contributed by atoms with van der Waals surface area (Å²) in [5, 5.41) is 0. The highest BCUT2D eigenvalue weighted by Crippen LogP contribution is 2.57. The van der Waals surface area contributed by atoms with E-state index < -0.39 is 0 Å². The van der Waals surface area contributed by atoms with E-state index in [1.54, 1.807) is 0 Å². The Kier molecular flexibility index (Phi) is 8.26. The second kappa shape index (κ2) is 12.7. The Morgan fingerprint density at radius 2 is 1.16 bits per heavy atom. The van der Waals surface area contributed by atoms with Gasteiger partial charge in [-0.05, 0) is 167 Å². The van der Waals surface area contributed by atoms with Gasteiger partial charge >= 0.3 is 0 Å². The largest absolute Gasteiger partial charge is 0.311 e. The van der Waals surface area contributed by atoms with Crippen LogP contribution >= 0.6 is 0 Å². The Bertz CT molecular complexity index is 2980. The van der Waals surface area contributed by atoms with Gasteiger partial charge < -0.3 is 4.90 Å². The molecule has 2 aliphatic heterocycles. The summed E-state index contributed by atoms with van der Waals surface area (Å²) in [5.74, 6) is 0.107. The fourth-order valence-electron chi connectivity index (χ4n) is 14.0. The van der Waals surface area contributed by atoms with Crippen LogP contribution in [0, 0.1) is 13.8 Å². The molecule has 0 fully saturated rings. The molecule has 6 aromatic carbocycles. The minimum absolute atomic E-state index is 0.0185. The molecular formula is C61H68BN. The van der Waals surface area contributed by atoms with Crippen molar-refractivity contribution in [1.29, 1.82) is 0 Å². The van der Waals surface area contributed by atoms with Gasteiger partial charge in [-0.15, -0.1) is 0 Å². The topological polar surface area (TPSA) is 3.24 Å². The lowest BCUT2D eigenvalue weighted by Gasteiger charge is -2.47. The van der Waals surface area contributed by atoms with Gasteiger partial charge in [0.15, 0.2) is 0 Å². The van der Waals surface area contributed by atoms with Gasteiger partial charge in [0.25, 0.3) is 0 Å². The molecule has 2 heterocycles. The van der Waals surface area contributed by atoms with Gasteiger partial charge in [0.1, 0.15) is 0 Å². The summed E-state index contributed by atoms with van der Waals surface area (Å²) >= 11 is 0. The van der Waals surface area contributed by atoms with E-state index in [2.05, 4.69) is 206 Å². The molecule has 5 aliphatic rings. The fourth-order valence-corrected chi connectivity index (χ4v) is 14.0. The average molecular weight is 826 g/mol. The van der Waals surface area contributed by atoms with Crippen molar-refractivity contribution in [2.75, 3.05) is 4.90 Å². The van der Waals surface area contributed by atoms with Crippen LogP contribution in [0.4, 0.5) is 17.1 Å². The third-order valence-corrected chi connectivity index (χ3v) is 17.2. The maximum absolute atomic E-state index is 2.76. The SMILES string of the molecule is Cc1cc2c3c(c1)N(c1cccc4c1C(C)(C)c1ccccc1-4)c1cc4c(cc1B3c1ccc(C(C)(C)C)cc1C2c1cc2c(cc1C)C(C)(C)CC2(C)C)C(C)(C)CCC4(C)C. The first-order valence-electron chi connectivity index (χ1n) is 24.1. The van der Waals surface area contributed by atoms with E-state index in [1.165, 1.54) is 131 Å². The van der Waals surface area contributed by atoms with Gasteiger partial charge in [0.2, 0.25) is 6.71 Å². The number of fused-ring (bicyclic) bond motifs is 9. The van der Waals surface area contributed by atoms with Crippen LogP contribution < -0.4 is 21.3 Å². The summed E-state index contributed by atoms with van der Waals surface area (Å²) in [6.45, 7) is 36.8. The fraction of sp³-hybridized carbons (Fsp3) is 0.410. The molecular weight excluding hydrogens is 757 g/mol. The van der Waals surface area contributed by atoms with Crippen LogP contribution in [0.2, 0.25) is 0 Å². The lowest BCUT2D eigenvalue weighted by Crippen LogP contribution is -2.62. The first kappa shape index (κ1) is 40.9. The van der Waals surface area contributed by atoms with E-state index in [9.17, 15) is 0 Å². The Hall–Kier alpha value is -4.82. The number of hydrogen-bond acceptors (Lipinski definition) is 1. The van der Waals surface area contributed by atoms with Crippen molar-refractivity contribution in [1.82, 2.24) is 0 Å². The third kappa shape index (κ3) is 5.61. The highest BCUT2D eigenvalue weighted by Gasteiger charge is 2.50. The molecule has 63 heavy (non-hydrogen) atoms. The van der Waals surface area contributed by atoms with E-state index in [0.717, 1.165) is 0 Å². The summed E-state index contributed by atoms with van der Waals surface area (Å²) in [5.41, 5.74) is 29.0. The van der Waals surface area contributed by atoms with Gasteiger partial charge in [-0.25, -0.2) is 0 Å². The van der Waals surface area contributed by atoms with Crippen LogP contribution in [0.15, 0.2) is 97.1 Å². The molecule has 0 saturated carbocycles. The highest BCUT2D eigenvalue weighted by molar-refractivity contribution is 6.99. The molecule has 320 valence electrons. The molecule has 3 aliphatic carbocycles. The first-order valence-corrected chi connectivity index (χ1v) is 24.1. The average Bonchev–Trinajstić information content (AvgIpc) is 3.55. The van der Waals surface area contributed by atoms with E-state index >= 15 is 0 Å². The van der Waals surface area contributed by atoms with Crippen molar-refractivity contribution < 1.29 is 0 Å². The van der Waals surface area contributed by atoms with Crippen LogP contribution in [0.5, 0.6) is 0 Å². The lowest BCUT2D eigenvalue weighted by molar-refractivity contribution is 0.332. The summed E-state index contributed by atoms with van der Waals surface area (Å²) in [6, 6.07) is 39.8. The maximum Gasteiger partial charge on any atom is 0.247 e. The molecule has 0 amide bonds. The predicted octanol–water partition coefficient (Wildman–Crippen LogP) is 14.0. The van der Waals surface area contributed by atoms with Gasteiger partial charge in [-0.3, -0.25) is 0 Å². The van der Waals surface area contributed by atoms with Crippen molar-refractivity contribution in [3.63, 3.8) is 0 Å². The summed E-state index contributed by atoms with van der Waals surface area (Å²) in [7, 11) is 0. The Labute approximate surface area is 379 Å². The zero-order valence-electron chi connectivity index (χ0n) is 41.0.